The van der Waals surface area contributed by atoms with E-state index in [1.54, 1.807) is 0 Å². The van der Waals surface area contributed by atoms with Gasteiger partial charge in [-0.2, -0.15) is 5.10 Å². The molecule has 0 atom stereocenters. The van der Waals surface area contributed by atoms with Gasteiger partial charge < -0.3 is 10.4 Å². The van der Waals surface area contributed by atoms with Gasteiger partial charge in [-0.05, 0) is 29.8 Å². The van der Waals surface area contributed by atoms with E-state index in [1.165, 1.54) is 0 Å². The van der Waals surface area contributed by atoms with Crippen molar-refractivity contribution in [2.24, 2.45) is 0 Å². The Hall–Kier alpha value is -2.33. The molecule has 0 saturated carbocycles. The lowest BCUT2D eigenvalue weighted by Gasteiger charge is -2.05. The van der Waals surface area contributed by atoms with E-state index >= 15 is 0 Å². The fraction of sp³-hybridized carbons (Fsp3) is 0.133. The van der Waals surface area contributed by atoms with Crippen LogP contribution in [0.1, 0.15) is 0 Å². The molecule has 3 aromatic rings. The molecule has 0 radical (unpaired) electrons. The van der Waals surface area contributed by atoms with Crippen molar-refractivity contribution in [1.82, 2.24) is 9.61 Å². The zero-order chi connectivity index (χ0) is 13.1. The predicted molar refractivity (Wildman–Crippen MR) is 76.2 cm³/mol. The highest BCUT2D eigenvalue weighted by molar-refractivity contribution is 5.80. The van der Waals surface area contributed by atoms with Crippen molar-refractivity contribution < 1.29 is 5.11 Å². The zero-order valence-electron chi connectivity index (χ0n) is 10.5. The zero-order valence-corrected chi connectivity index (χ0v) is 10.5. The number of benzene rings is 1. The molecule has 0 aliphatic rings. The van der Waals surface area contributed by atoms with Gasteiger partial charge in [-0.1, -0.05) is 18.2 Å². The van der Waals surface area contributed by atoms with Crippen molar-refractivity contribution in [2.45, 2.75) is 0 Å². The van der Waals surface area contributed by atoms with Crippen LogP contribution in [0.2, 0.25) is 0 Å². The molecule has 3 rings (SSSR count). The molecule has 1 aromatic carbocycles. The van der Waals surface area contributed by atoms with Crippen LogP contribution < -0.4 is 5.32 Å². The molecule has 0 bridgehead atoms. The predicted octanol–water partition coefficient (Wildman–Crippen LogP) is 2.41. The van der Waals surface area contributed by atoms with Crippen molar-refractivity contribution in [3.63, 3.8) is 0 Å². The highest BCUT2D eigenvalue weighted by atomic mass is 16.3. The third-order valence-corrected chi connectivity index (χ3v) is 3.06. The van der Waals surface area contributed by atoms with Gasteiger partial charge in [0, 0.05) is 24.0 Å². The molecular formula is C15H15N3O. The normalized spacial score (nSPS) is 10.8. The first kappa shape index (κ1) is 11.7. The highest BCUT2D eigenvalue weighted by Gasteiger charge is 2.05. The summed E-state index contributed by atoms with van der Waals surface area (Å²) in [6.45, 7) is 0.700. The summed E-state index contributed by atoms with van der Waals surface area (Å²) in [4.78, 5) is 0. The summed E-state index contributed by atoms with van der Waals surface area (Å²) in [7, 11) is 0. The minimum Gasteiger partial charge on any atom is -0.395 e. The van der Waals surface area contributed by atoms with E-state index < -0.39 is 0 Å². The van der Waals surface area contributed by atoms with Crippen LogP contribution in [0.15, 0.2) is 54.9 Å². The highest BCUT2D eigenvalue weighted by Crippen LogP contribution is 2.25. The van der Waals surface area contributed by atoms with Gasteiger partial charge in [0.25, 0.3) is 0 Å². The van der Waals surface area contributed by atoms with E-state index in [-0.39, 0.29) is 6.61 Å². The van der Waals surface area contributed by atoms with Crippen LogP contribution in [-0.4, -0.2) is 27.9 Å². The number of aromatic nitrogens is 2. The van der Waals surface area contributed by atoms with Crippen LogP contribution in [0.5, 0.6) is 0 Å². The smallest absolute Gasteiger partial charge is 0.0740 e. The van der Waals surface area contributed by atoms with Crippen LogP contribution >= 0.6 is 0 Å². The number of rotatable bonds is 4. The first-order chi connectivity index (χ1) is 9.38. The molecule has 0 aliphatic heterocycles. The topological polar surface area (TPSA) is 49.6 Å². The van der Waals surface area contributed by atoms with E-state index in [0.717, 1.165) is 22.3 Å². The summed E-state index contributed by atoms with van der Waals surface area (Å²) in [5.74, 6) is 0. The van der Waals surface area contributed by atoms with Gasteiger partial charge in [-0.3, -0.25) is 0 Å². The average molecular weight is 253 g/mol. The summed E-state index contributed by atoms with van der Waals surface area (Å²) >= 11 is 0. The van der Waals surface area contributed by atoms with E-state index in [0.29, 0.717) is 6.54 Å². The summed E-state index contributed by atoms with van der Waals surface area (Å²) < 4.78 is 1.87. The summed E-state index contributed by atoms with van der Waals surface area (Å²) in [5, 5.41) is 16.2. The Bertz CT molecular complexity index is 673. The van der Waals surface area contributed by atoms with E-state index in [2.05, 4.69) is 28.6 Å². The molecule has 0 spiro atoms. The van der Waals surface area contributed by atoms with Crippen LogP contribution in [0.25, 0.3) is 16.6 Å². The average Bonchev–Trinajstić information content (AvgIpc) is 2.90. The molecule has 0 fully saturated rings. The Morgan fingerprint density at radius 1 is 1.11 bits per heavy atom. The van der Waals surface area contributed by atoms with Crippen LogP contribution in [0, 0.1) is 0 Å². The Balaban J connectivity index is 1.93. The lowest BCUT2D eigenvalue weighted by atomic mass is 10.1. The molecule has 0 amide bonds. The van der Waals surface area contributed by atoms with Gasteiger partial charge in [0.15, 0.2) is 0 Å². The second kappa shape index (κ2) is 5.12. The quantitative estimate of drug-likeness (QED) is 0.750. The third-order valence-electron chi connectivity index (χ3n) is 3.06. The van der Waals surface area contributed by atoms with Crippen LogP contribution in [0.3, 0.4) is 0 Å². The van der Waals surface area contributed by atoms with E-state index in [9.17, 15) is 0 Å². The second-order valence-electron chi connectivity index (χ2n) is 4.32. The molecule has 0 unspecified atom stereocenters. The third kappa shape index (κ3) is 2.30. The van der Waals surface area contributed by atoms with Crippen molar-refractivity contribution >= 4 is 11.2 Å². The summed E-state index contributed by atoms with van der Waals surface area (Å²) in [5.41, 5.74) is 4.36. The maximum atomic E-state index is 8.78. The minimum atomic E-state index is 0.135. The minimum absolute atomic E-state index is 0.135. The van der Waals surface area contributed by atoms with Gasteiger partial charge in [-0.15, -0.1) is 0 Å². The first-order valence-electron chi connectivity index (χ1n) is 6.26. The first-order valence-corrected chi connectivity index (χ1v) is 6.26. The Kier molecular flexibility index (Phi) is 3.16. The van der Waals surface area contributed by atoms with Crippen molar-refractivity contribution in [2.75, 3.05) is 18.5 Å². The number of anilines is 1. The van der Waals surface area contributed by atoms with E-state index in [4.69, 9.17) is 5.11 Å². The number of fused-ring (bicyclic) bond motifs is 1. The Labute approximate surface area is 111 Å². The summed E-state index contributed by atoms with van der Waals surface area (Å²) in [6.07, 6.45) is 3.82. The number of hydrogen-bond donors (Lipinski definition) is 2. The number of hydrogen-bond acceptors (Lipinski definition) is 3. The number of aliphatic hydroxyl groups excluding tert-OH is 1. The summed E-state index contributed by atoms with van der Waals surface area (Å²) in [6, 6.07) is 14.2. The molecule has 0 saturated heterocycles. The molecule has 2 heterocycles. The van der Waals surface area contributed by atoms with Crippen molar-refractivity contribution in [3.05, 3.63) is 54.9 Å². The molecule has 96 valence electrons. The molecule has 4 heteroatoms. The molecule has 2 aromatic heterocycles. The lowest BCUT2D eigenvalue weighted by molar-refractivity contribution is 0.311. The fourth-order valence-electron chi connectivity index (χ4n) is 2.12. The van der Waals surface area contributed by atoms with Gasteiger partial charge in [0.1, 0.15) is 0 Å². The Morgan fingerprint density at radius 3 is 2.74 bits per heavy atom. The standard InChI is InChI=1S/C15H15N3O/c19-10-8-16-13-6-4-12(5-7-13)14-11-17-18-9-2-1-3-15(14)18/h1-7,9,11,16,19H,8,10H2. The maximum Gasteiger partial charge on any atom is 0.0740 e. The molecule has 0 aliphatic carbocycles. The SMILES string of the molecule is OCCNc1ccc(-c2cnn3ccccc23)cc1. The molecular weight excluding hydrogens is 238 g/mol. The fourth-order valence-corrected chi connectivity index (χ4v) is 2.12. The largest absolute Gasteiger partial charge is 0.395 e. The molecule has 19 heavy (non-hydrogen) atoms. The molecule has 4 nitrogen and oxygen atoms in total. The van der Waals surface area contributed by atoms with Gasteiger partial charge in [-0.25, -0.2) is 4.52 Å². The number of pyridine rings is 1. The number of nitrogens with one attached hydrogen (secondary N) is 1. The van der Waals surface area contributed by atoms with E-state index in [1.807, 2.05) is 41.2 Å². The lowest BCUT2D eigenvalue weighted by Crippen LogP contribution is -2.04. The molecule has 2 N–H and O–H groups in total. The van der Waals surface area contributed by atoms with Crippen molar-refractivity contribution in [3.8, 4) is 11.1 Å². The van der Waals surface area contributed by atoms with Crippen molar-refractivity contribution in [1.29, 1.82) is 0 Å². The van der Waals surface area contributed by atoms with Crippen LogP contribution in [0.4, 0.5) is 5.69 Å². The van der Waals surface area contributed by atoms with Gasteiger partial charge >= 0.3 is 0 Å². The maximum absolute atomic E-state index is 8.78. The Morgan fingerprint density at radius 2 is 1.95 bits per heavy atom. The van der Waals surface area contributed by atoms with Gasteiger partial charge in [0.05, 0.1) is 18.3 Å². The second-order valence-corrected chi connectivity index (χ2v) is 4.32. The number of nitrogens with zero attached hydrogens (tertiary/aromatic N) is 2. The van der Waals surface area contributed by atoms with Gasteiger partial charge in [0.2, 0.25) is 0 Å². The number of aliphatic hydroxyl groups is 1. The monoisotopic (exact) mass is 253 g/mol. The van der Waals surface area contributed by atoms with Crippen LogP contribution in [-0.2, 0) is 0 Å².